The summed E-state index contributed by atoms with van der Waals surface area (Å²) in [4.78, 5) is 0. The predicted octanol–water partition coefficient (Wildman–Crippen LogP) is 0.849. The minimum atomic E-state index is 0.204. The Hall–Kier alpha value is -2.37. The molecule has 0 unspecified atom stereocenters. The van der Waals surface area contributed by atoms with E-state index in [2.05, 4.69) is 20.6 Å². The van der Waals surface area contributed by atoms with Gasteiger partial charge < -0.3 is 5.11 Å². The van der Waals surface area contributed by atoms with Crippen LogP contribution in [0.25, 0.3) is 16.9 Å². The molecule has 0 amide bonds. The maximum Gasteiger partial charge on any atom is 0.274 e. The summed E-state index contributed by atoms with van der Waals surface area (Å²) in [6, 6.07) is 7.47. The quantitative estimate of drug-likeness (QED) is 0.611. The fraction of sp³-hybridized carbons (Fsp3) is 0. The van der Waals surface area contributed by atoms with Crippen LogP contribution in [-0.2, 0) is 0 Å². The summed E-state index contributed by atoms with van der Waals surface area (Å²) in [5.74, 6) is 0.613. The number of benzene rings is 1. The molecule has 6 heteroatoms. The molecule has 3 rings (SSSR count). The average molecular weight is 201 g/mol. The number of aromatic amines is 1. The van der Waals surface area contributed by atoms with Gasteiger partial charge in [0.15, 0.2) is 0 Å². The molecular weight excluding hydrogens is 194 g/mol. The zero-order valence-corrected chi connectivity index (χ0v) is 7.62. The van der Waals surface area contributed by atoms with Gasteiger partial charge in [0.25, 0.3) is 5.95 Å². The fourth-order valence-corrected chi connectivity index (χ4v) is 1.59. The van der Waals surface area contributed by atoms with E-state index >= 15 is 0 Å². The first-order chi connectivity index (χ1) is 7.36. The number of nitrogens with one attached hydrogen (secondary N) is 1. The van der Waals surface area contributed by atoms with Crippen LogP contribution in [0.1, 0.15) is 0 Å². The van der Waals surface area contributed by atoms with Gasteiger partial charge in [0.2, 0.25) is 0 Å². The SMILES string of the molecule is Oc1cn(-c2nn[nH]n2)c2ccccc12. The van der Waals surface area contributed by atoms with Crippen LogP contribution < -0.4 is 0 Å². The number of fused-ring (bicyclic) bond motifs is 1. The van der Waals surface area contributed by atoms with Gasteiger partial charge in [-0.15, -0.1) is 5.10 Å². The highest BCUT2D eigenvalue weighted by atomic mass is 16.3. The molecule has 15 heavy (non-hydrogen) atoms. The zero-order valence-electron chi connectivity index (χ0n) is 7.62. The standard InChI is InChI=1S/C9H7N5O/c15-8-5-14(9-10-12-13-11-9)7-4-2-1-3-6(7)8/h1-5,15H,(H,10,11,12,13). The van der Waals surface area contributed by atoms with Gasteiger partial charge in [-0.2, -0.15) is 5.21 Å². The van der Waals surface area contributed by atoms with Crippen molar-refractivity contribution in [1.82, 2.24) is 25.2 Å². The van der Waals surface area contributed by atoms with E-state index in [1.807, 2.05) is 24.3 Å². The van der Waals surface area contributed by atoms with Gasteiger partial charge >= 0.3 is 0 Å². The lowest BCUT2D eigenvalue weighted by Crippen LogP contribution is -1.94. The van der Waals surface area contributed by atoms with Crippen LogP contribution in [0.3, 0.4) is 0 Å². The smallest absolute Gasteiger partial charge is 0.274 e. The van der Waals surface area contributed by atoms with Crippen molar-refractivity contribution in [3.8, 4) is 11.7 Å². The number of aromatic hydroxyl groups is 1. The van der Waals surface area contributed by atoms with Crippen molar-refractivity contribution in [3.05, 3.63) is 30.5 Å². The largest absolute Gasteiger partial charge is 0.506 e. The molecule has 0 atom stereocenters. The van der Waals surface area contributed by atoms with Crippen LogP contribution in [0, 0.1) is 0 Å². The average Bonchev–Trinajstić information content (AvgIpc) is 2.87. The molecule has 6 nitrogen and oxygen atoms in total. The minimum Gasteiger partial charge on any atom is -0.506 e. The van der Waals surface area contributed by atoms with Crippen molar-refractivity contribution in [1.29, 1.82) is 0 Å². The second-order valence-corrected chi connectivity index (χ2v) is 3.11. The van der Waals surface area contributed by atoms with Crippen molar-refractivity contribution < 1.29 is 5.11 Å². The first-order valence-corrected chi connectivity index (χ1v) is 4.39. The molecule has 0 radical (unpaired) electrons. The lowest BCUT2D eigenvalue weighted by molar-refractivity contribution is 0.480. The number of hydrogen-bond donors (Lipinski definition) is 2. The van der Waals surface area contributed by atoms with Crippen LogP contribution in [0.15, 0.2) is 30.5 Å². The van der Waals surface area contributed by atoms with Crippen molar-refractivity contribution in [2.24, 2.45) is 0 Å². The molecular formula is C9H7N5O. The maximum absolute atomic E-state index is 9.68. The van der Waals surface area contributed by atoms with Crippen LogP contribution in [0.4, 0.5) is 0 Å². The summed E-state index contributed by atoms with van der Waals surface area (Å²) in [6.45, 7) is 0. The minimum absolute atomic E-state index is 0.204. The van der Waals surface area contributed by atoms with E-state index in [-0.39, 0.29) is 5.75 Å². The van der Waals surface area contributed by atoms with Gasteiger partial charge in [-0.3, -0.25) is 4.57 Å². The lowest BCUT2D eigenvalue weighted by Gasteiger charge is -1.95. The van der Waals surface area contributed by atoms with Crippen LogP contribution >= 0.6 is 0 Å². The third-order valence-electron chi connectivity index (χ3n) is 2.24. The third-order valence-corrected chi connectivity index (χ3v) is 2.24. The van der Waals surface area contributed by atoms with Gasteiger partial charge in [0, 0.05) is 5.39 Å². The number of hydrogen-bond acceptors (Lipinski definition) is 4. The van der Waals surface area contributed by atoms with Gasteiger partial charge in [-0.05, 0) is 17.3 Å². The molecule has 2 aromatic heterocycles. The Morgan fingerprint density at radius 2 is 2.13 bits per heavy atom. The van der Waals surface area contributed by atoms with Crippen LogP contribution in [0.5, 0.6) is 5.75 Å². The van der Waals surface area contributed by atoms with Gasteiger partial charge in [-0.25, -0.2) is 0 Å². The zero-order chi connectivity index (χ0) is 10.3. The van der Waals surface area contributed by atoms with Crippen molar-refractivity contribution in [3.63, 3.8) is 0 Å². The summed E-state index contributed by atoms with van der Waals surface area (Å²) < 4.78 is 1.67. The van der Waals surface area contributed by atoms with Crippen LogP contribution in [0.2, 0.25) is 0 Å². The lowest BCUT2D eigenvalue weighted by atomic mass is 10.2. The molecule has 2 N–H and O–H groups in total. The Balaban J connectivity index is 2.37. The Morgan fingerprint density at radius 1 is 1.27 bits per heavy atom. The molecule has 74 valence electrons. The summed E-state index contributed by atoms with van der Waals surface area (Å²) in [6.07, 6.45) is 1.56. The highest BCUT2D eigenvalue weighted by Crippen LogP contribution is 2.27. The van der Waals surface area contributed by atoms with Crippen molar-refractivity contribution in [2.75, 3.05) is 0 Å². The molecule has 0 saturated carbocycles. The second kappa shape index (κ2) is 2.81. The van der Waals surface area contributed by atoms with Gasteiger partial charge in [0.05, 0.1) is 11.7 Å². The molecule has 0 saturated heterocycles. The summed E-state index contributed by atoms with van der Waals surface area (Å²) >= 11 is 0. The first kappa shape index (κ1) is 7.98. The second-order valence-electron chi connectivity index (χ2n) is 3.11. The number of para-hydroxylation sites is 1. The summed E-state index contributed by atoms with van der Waals surface area (Å²) in [5, 5.41) is 24.0. The Morgan fingerprint density at radius 3 is 2.93 bits per heavy atom. The molecule has 0 spiro atoms. The number of tetrazole rings is 1. The van der Waals surface area contributed by atoms with E-state index in [1.54, 1.807) is 10.8 Å². The van der Waals surface area contributed by atoms with E-state index in [9.17, 15) is 5.11 Å². The summed E-state index contributed by atoms with van der Waals surface area (Å²) in [5.41, 5.74) is 0.844. The van der Waals surface area contributed by atoms with Gasteiger partial charge in [-0.1, -0.05) is 17.2 Å². The third kappa shape index (κ3) is 1.08. The monoisotopic (exact) mass is 201 g/mol. The van der Waals surface area contributed by atoms with E-state index < -0.39 is 0 Å². The molecule has 0 fully saturated rings. The fourth-order valence-electron chi connectivity index (χ4n) is 1.59. The Bertz CT molecular complexity index is 598. The van der Waals surface area contributed by atoms with E-state index in [0.717, 1.165) is 10.9 Å². The van der Waals surface area contributed by atoms with Crippen molar-refractivity contribution >= 4 is 10.9 Å². The highest BCUT2D eigenvalue weighted by molar-refractivity contribution is 5.87. The molecule has 0 aliphatic carbocycles. The van der Waals surface area contributed by atoms with Gasteiger partial charge in [0.1, 0.15) is 5.75 Å². The Labute approximate surface area is 84.2 Å². The molecule has 1 aromatic carbocycles. The molecule has 0 bridgehead atoms. The number of H-pyrrole nitrogens is 1. The van der Waals surface area contributed by atoms with Crippen molar-refractivity contribution in [2.45, 2.75) is 0 Å². The highest BCUT2D eigenvalue weighted by Gasteiger charge is 2.10. The number of rotatable bonds is 1. The first-order valence-electron chi connectivity index (χ1n) is 4.39. The predicted molar refractivity (Wildman–Crippen MR) is 52.7 cm³/mol. The normalized spacial score (nSPS) is 10.9. The van der Waals surface area contributed by atoms with E-state index in [0.29, 0.717) is 5.95 Å². The van der Waals surface area contributed by atoms with E-state index in [1.165, 1.54) is 0 Å². The summed E-state index contributed by atoms with van der Waals surface area (Å²) in [7, 11) is 0. The molecule has 0 aliphatic heterocycles. The molecule has 3 aromatic rings. The maximum atomic E-state index is 9.68. The Kier molecular flexibility index (Phi) is 1.49. The van der Waals surface area contributed by atoms with Crippen LogP contribution in [-0.4, -0.2) is 30.3 Å². The van der Waals surface area contributed by atoms with E-state index in [4.69, 9.17) is 0 Å². The number of nitrogens with zero attached hydrogens (tertiary/aromatic N) is 4. The molecule has 0 aliphatic rings. The topological polar surface area (TPSA) is 79.6 Å². The number of aromatic nitrogens is 5. The molecule has 2 heterocycles.